The Morgan fingerprint density at radius 3 is 2.71 bits per heavy atom. The molecule has 0 aliphatic rings. The third-order valence-corrected chi connectivity index (χ3v) is 4.54. The number of aryl methyl sites for hydroxylation is 2. The van der Waals surface area contributed by atoms with Crippen LogP contribution in [-0.2, 0) is 6.42 Å². The van der Waals surface area contributed by atoms with E-state index in [-0.39, 0.29) is 11.7 Å². The van der Waals surface area contributed by atoms with Gasteiger partial charge in [-0.25, -0.2) is 9.37 Å². The number of hydrogen-bond acceptors (Lipinski definition) is 4. The average Bonchev–Trinajstić information content (AvgIpc) is 3.14. The van der Waals surface area contributed by atoms with Crippen molar-refractivity contribution in [3.8, 4) is 10.6 Å². The Bertz CT molecular complexity index is 852. The minimum Gasteiger partial charge on any atom is -0.466 e. The van der Waals surface area contributed by atoms with Crippen LogP contribution in [-0.4, -0.2) is 17.4 Å². The molecule has 0 atom stereocenters. The number of hydrogen-bond donors (Lipinski definition) is 1. The summed E-state index contributed by atoms with van der Waals surface area (Å²) >= 11 is 1.51. The molecule has 0 saturated carbocycles. The van der Waals surface area contributed by atoms with Crippen LogP contribution in [0.1, 0.15) is 27.6 Å². The fourth-order valence-electron chi connectivity index (χ4n) is 2.40. The van der Waals surface area contributed by atoms with Crippen molar-refractivity contribution in [1.29, 1.82) is 0 Å². The minimum atomic E-state index is -0.261. The Balaban J connectivity index is 1.57. The Hall–Kier alpha value is -2.47. The summed E-state index contributed by atoms with van der Waals surface area (Å²) in [5, 5.41) is 5.68. The molecule has 124 valence electrons. The molecule has 4 nitrogen and oxygen atoms in total. The molecule has 1 amide bonds. The van der Waals surface area contributed by atoms with Crippen molar-refractivity contribution in [2.45, 2.75) is 20.3 Å². The van der Waals surface area contributed by atoms with Gasteiger partial charge in [-0.1, -0.05) is 0 Å². The maximum Gasteiger partial charge on any atom is 0.254 e. The van der Waals surface area contributed by atoms with Gasteiger partial charge in [0.25, 0.3) is 5.91 Å². The molecule has 2 heterocycles. The van der Waals surface area contributed by atoms with E-state index < -0.39 is 0 Å². The fraction of sp³-hybridized carbons (Fsp3) is 0.222. The second kappa shape index (κ2) is 6.97. The second-order valence-corrected chi connectivity index (χ2v) is 6.34. The quantitative estimate of drug-likeness (QED) is 0.757. The summed E-state index contributed by atoms with van der Waals surface area (Å²) in [6.07, 6.45) is 0.638. The summed E-state index contributed by atoms with van der Waals surface area (Å²) in [4.78, 5) is 16.6. The van der Waals surface area contributed by atoms with Gasteiger partial charge >= 0.3 is 0 Å². The fourth-order valence-corrected chi connectivity index (χ4v) is 3.26. The monoisotopic (exact) mass is 344 g/mol. The largest absolute Gasteiger partial charge is 0.466 e. The zero-order valence-electron chi connectivity index (χ0n) is 13.4. The van der Waals surface area contributed by atoms with Crippen molar-refractivity contribution in [2.75, 3.05) is 6.54 Å². The maximum absolute atomic E-state index is 13.0. The van der Waals surface area contributed by atoms with Crippen LogP contribution >= 0.6 is 11.3 Å². The number of thiazole rings is 1. The highest BCUT2D eigenvalue weighted by atomic mass is 32.1. The smallest absolute Gasteiger partial charge is 0.254 e. The molecule has 2 aromatic heterocycles. The van der Waals surface area contributed by atoms with Crippen LogP contribution in [0.4, 0.5) is 4.39 Å². The molecule has 0 aliphatic heterocycles. The number of benzene rings is 1. The first-order chi connectivity index (χ1) is 11.5. The summed E-state index contributed by atoms with van der Waals surface area (Å²) in [6, 6.07) is 8.01. The van der Waals surface area contributed by atoms with Gasteiger partial charge in [0, 0.05) is 23.9 Å². The number of furan rings is 1. The van der Waals surface area contributed by atoms with Crippen molar-refractivity contribution in [3.05, 3.63) is 64.3 Å². The van der Waals surface area contributed by atoms with Crippen molar-refractivity contribution < 1.29 is 13.6 Å². The molecule has 0 fully saturated rings. The first-order valence-corrected chi connectivity index (χ1v) is 8.46. The van der Waals surface area contributed by atoms with Gasteiger partial charge in [0.15, 0.2) is 0 Å². The summed E-state index contributed by atoms with van der Waals surface area (Å²) in [7, 11) is 0. The summed E-state index contributed by atoms with van der Waals surface area (Å²) in [5.74, 6) is 0.944. The molecule has 6 heteroatoms. The normalized spacial score (nSPS) is 10.8. The molecule has 24 heavy (non-hydrogen) atoms. The van der Waals surface area contributed by atoms with E-state index >= 15 is 0 Å². The van der Waals surface area contributed by atoms with Gasteiger partial charge < -0.3 is 9.73 Å². The highest BCUT2D eigenvalue weighted by Crippen LogP contribution is 2.24. The lowest BCUT2D eigenvalue weighted by Crippen LogP contribution is -2.25. The topological polar surface area (TPSA) is 55.1 Å². The Kier molecular flexibility index (Phi) is 4.76. The highest BCUT2D eigenvalue weighted by molar-refractivity contribution is 7.13. The van der Waals surface area contributed by atoms with E-state index in [9.17, 15) is 9.18 Å². The van der Waals surface area contributed by atoms with Crippen LogP contribution in [0.3, 0.4) is 0 Å². The number of nitrogens with one attached hydrogen (secondary N) is 1. The number of aromatic nitrogens is 1. The molecule has 0 radical (unpaired) electrons. The Labute approximate surface area is 143 Å². The zero-order valence-corrected chi connectivity index (χ0v) is 14.2. The van der Waals surface area contributed by atoms with Gasteiger partial charge in [-0.2, -0.15) is 0 Å². The van der Waals surface area contributed by atoms with E-state index in [0.29, 0.717) is 24.3 Å². The number of carbonyl (C=O) groups is 1. The summed E-state index contributed by atoms with van der Waals surface area (Å²) in [5.41, 5.74) is 2.36. The van der Waals surface area contributed by atoms with Crippen LogP contribution in [0, 0.1) is 19.7 Å². The SMILES string of the molecule is Cc1cc(C(=O)NCCc2csc(-c3ccc(F)cc3)n2)c(C)o1. The van der Waals surface area contributed by atoms with Crippen molar-refractivity contribution in [1.82, 2.24) is 10.3 Å². The van der Waals surface area contributed by atoms with E-state index in [0.717, 1.165) is 22.0 Å². The minimum absolute atomic E-state index is 0.140. The molecule has 0 aliphatic carbocycles. The molecular weight excluding hydrogens is 327 g/mol. The standard InChI is InChI=1S/C18H17FN2O2S/c1-11-9-16(12(2)23-11)17(22)20-8-7-15-10-24-18(21-15)13-3-5-14(19)6-4-13/h3-6,9-10H,7-8H2,1-2H3,(H,20,22). The van der Waals surface area contributed by atoms with Crippen LogP contribution in [0.5, 0.6) is 0 Å². The summed E-state index contributed by atoms with van der Waals surface area (Å²) < 4.78 is 18.3. The maximum atomic E-state index is 13.0. The molecule has 3 rings (SSSR count). The zero-order chi connectivity index (χ0) is 17.1. The second-order valence-electron chi connectivity index (χ2n) is 5.48. The highest BCUT2D eigenvalue weighted by Gasteiger charge is 2.13. The number of nitrogens with zero attached hydrogens (tertiary/aromatic N) is 1. The Morgan fingerprint density at radius 2 is 2.04 bits per heavy atom. The van der Waals surface area contributed by atoms with Crippen molar-refractivity contribution in [2.24, 2.45) is 0 Å². The molecule has 1 N–H and O–H groups in total. The van der Waals surface area contributed by atoms with Crippen molar-refractivity contribution >= 4 is 17.2 Å². The van der Waals surface area contributed by atoms with E-state index in [2.05, 4.69) is 10.3 Å². The third kappa shape index (κ3) is 3.71. The van der Waals surface area contributed by atoms with Gasteiger partial charge in [0.2, 0.25) is 0 Å². The van der Waals surface area contributed by atoms with Gasteiger partial charge in [0.05, 0.1) is 11.3 Å². The Morgan fingerprint density at radius 1 is 1.29 bits per heavy atom. The first kappa shape index (κ1) is 16.4. The predicted molar refractivity (Wildman–Crippen MR) is 91.7 cm³/mol. The lowest BCUT2D eigenvalue weighted by molar-refractivity contribution is 0.0952. The van der Waals surface area contributed by atoms with E-state index in [1.807, 2.05) is 12.3 Å². The molecule has 0 spiro atoms. The molecule has 3 aromatic rings. The molecular formula is C18H17FN2O2S. The lowest BCUT2D eigenvalue weighted by atomic mass is 10.2. The van der Waals surface area contributed by atoms with Crippen molar-refractivity contribution in [3.63, 3.8) is 0 Å². The molecule has 1 aromatic carbocycles. The van der Waals surface area contributed by atoms with Crippen LogP contribution in [0.2, 0.25) is 0 Å². The molecule has 0 saturated heterocycles. The van der Waals surface area contributed by atoms with E-state index in [4.69, 9.17) is 4.42 Å². The van der Waals surface area contributed by atoms with Gasteiger partial charge in [0.1, 0.15) is 22.3 Å². The first-order valence-electron chi connectivity index (χ1n) is 7.58. The molecule has 0 bridgehead atoms. The van der Waals surface area contributed by atoms with E-state index in [1.165, 1.54) is 23.5 Å². The predicted octanol–water partition coefficient (Wildman–Crippen LogP) is 4.13. The number of rotatable bonds is 5. The van der Waals surface area contributed by atoms with Crippen LogP contribution < -0.4 is 5.32 Å². The number of halogens is 1. The molecule has 0 unspecified atom stereocenters. The van der Waals surface area contributed by atoms with Gasteiger partial charge in [-0.05, 0) is 44.2 Å². The summed E-state index contributed by atoms with van der Waals surface area (Å²) in [6.45, 7) is 4.09. The van der Waals surface area contributed by atoms with Crippen LogP contribution in [0.15, 0.2) is 40.1 Å². The van der Waals surface area contributed by atoms with Crippen LogP contribution in [0.25, 0.3) is 10.6 Å². The average molecular weight is 344 g/mol. The van der Waals surface area contributed by atoms with Gasteiger partial charge in [-0.3, -0.25) is 4.79 Å². The van der Waals surface area contributed by atoms with E-state index in [1.54, 1.807) is 25.1 Å². The third-order valence-electron chi connectivity index (χ3n) is 3.60. The number of amides is 1. The van der Waals surface area contributed by atoms with Gasteiger partial charge in [-0.15, -0.1) is 11.3 Å². The lowest BCUT2D eigenvalue weighted by Gasteiger charge is -2.02. The number of carbonyl (C=O) groups excluding carboxylic acids is 1.